The zero-order chi connectivity index (χ0) is 21.7. The normalized spacial score (nSPS) is 15.1. The number of ether oxygens (including phenoxy) is 1. The van der Waals surface area contributed by atoms with Gasteiger partial charge in [-0.3, -0.25) is 9.59 Å². The van der Waals surface area contributed by atoms with Crippen molar-refractivity contribution >= 4 is 11.8 Å². The number of methoxy groups -OCH3 is 1. The Bertz CT molecular complexity index is 914. The molecule has 1 heterocycles. The SMILES string of the molecule is COc1cccc(CC(=O)N2CCC(=O)N(Cc3ccccc3C(F)(F)F)CC2)c1. The molecule has 3 rings (SSSR count). The van der Waals surface area contributed by atoms with E-state index in [0.29, 0.717) is 5.75 Å². The van der Waals surface area contributed by atoms with Crippen molar-refractivity contribution in [3.05, 3.63) is 65.2 Å². The van der Waals surface area contributed by atoms with E-state index >= 15 is 0 Å². The van der Waals surface area contributed by atoms with Crippen molar-refractivity contribution in [2.75, 3.05) is 26.7 Å². The van der Waals surface area contributed by atoms with Gasteiger partial charge >= 0.3 is 6.18 Å². The van der Waals surface area contributed by atoms with Crippen molar-refractivity contribution in [3.8, 4) is 5.75 Å². The molecule has 0 unspecified atom stereocenters. The summed E-state index contributed by atoms with van der Waals surface area (Å²) in [7, 11) is 1.55. The molecule has 1 aliphatic heterocycles. The van der Waals surface area contributed by atoms with Crippen molar-refractivity contribution < 1.29 is 27.5 Å². The van der Waals surface area contributed by atoms with Gasteiger partial charge in [0.1, 0.15) is 5.75 Å². The highest BCUT2D eigenvalue weighted by atomic mass is 19.4. The molecule has 0 spiro atoms. The fourth-order valence-electron chi connectivity index (χ4n) is 3.49. The van der Waals surface area contributed by atoms with Crippen LogP contribution in [0.15, 0.2) is 48.5 Å². The van der Waals surface area contributed by atoms with E-state index < -0.39 is 11.7 Å². The van der Waals surface area contributed by atoms with E-state index in [1.165, 1.54) is 23.1 Å². The van der Waals surface area contributed by atoms with Crippen LogP contribution < -0.4 is 4.74 Å². The van der Waals surface area contributed by atoms with Crippen molar-refractivity contribution in [3.63, 3.8) is 0 Å². The summed E-state index contributed by atoms with van der Waals surface area (Å²) in [6.07, 6.45) is -4.23. The Hall–Kier alpha value is -3.03. The number of carbonyl (C=O) groups excluding carboxylic acids is 2. The molecule has 0 atom stereocenters. The van der Waals surface area contributed by atoms with Crippen LogP contribution in [0.5, 0.6) is 5.75 Å². The van der Waals surface area contributed by atoms with E-state index in [0.717, 1.165) is 11.6 Å². The summed E-state index contributed by atoms with van der Waals surface area (Å²) in [6.45, 7) is 0.586. The van der Waals surface area contributed by atoms with Gasteiger partial charge in [-0.25, -0.2) is 0 Å². The van der Waals surface area contributed by atoms with Gasteiger partial charge in [0.25, 0.3) is 0 Å². The molecule has 5 nitrogen and oxygen atoms in total. The molecule has 0 aliphatic carbocycles. The summed E-state index contributed by atoms with van der Waals surface area (Å²) < 4.78 is 44.9. The highest BCUT2D eigenvalue weighted by molar-refractivity contribution is 5.81. The largest absolute Gasteiger partial charge is 0.497 e. The van der Waals surface area contributed by atoms with Crippen molar-refractivity contribution in [2.45, 2.75) is 25.6 Å². The van der Waals surface area contributed by atoms with Crippen LogP contribution >= 0.6 is 0 Å². The van der Waals surface area contributed by atoms with Crippen LogP contribution in [0.25, 0.3) is 0 Å². The fourth-order valence-corrected chi connectivity index (χ4v) is 3.49. The minimum Gasteiger partial charge on any atom is -0.497 e. The maximum Gasteiger partial charge on any atom is 0.416 e. The number of hydrogen-bond donors (Lipinski definition) is 0. The number of halogens is 3. The first-order chi connectivity index (χ1) is 14.3. The van der Waals surface area contributed by atoms with E-state index in [1.807, 2.05) is 6.07 Å². The lowest BCUT2D eigenvalue weighted by molar-refractivity contribution is -0.139. The third-order valence-corrected chi connectivity index (χ3v) is 5.11. The second kappa shape index (κ2) is 9.19. The summed E-state index contributed by atoms with van der Waals surface area (Å²) >= 11 is 0. The van der Waals surface area contributed by atoms with Crippen molar-refractivity contribution in [1.29, 1.82) is 0 Å². The molecule has 0 aromatic heterocycles. The van der Waals surface area contributed by atoms with Gasteiger partial charge in [-0.1, -0.05) is 30.3 Å². The molecule has 0 N–H and O–H groups in total. The van der Waals surface area contributed by atoms with Gasteiger partial charge in [-0.15, -0.1) is 0 Å². The molecule has 8 heteroatoms. The summed E-state index contributed by atoms with van der Waals surface area (Å²) in [4.78, 5) is 28.1. The molecule has 1 saturated heterocycles. The zero-order valence-corrected chi connectivity index (χ0v) is 16.6. The topological polar surface area (TPSA) is 49.9 Å². The third kappa shape index (κ3) is 5.31. The predicted octanol–water partition coefficient (Wildman–Crippen LogP) is 3.52. The Morgan fingerprint density at radius 3 is 2.57 bits per heavy atom. The molecule has 0 bridgehead atoms. The second-order valence-corrected chi connectivity index (χ2v) is 7.13. The van der Waals surface area contributed by atoms with Crippen LogP contribution in [-0.2, 0) is 28.7 Å². The quantitative estimate of drug-likeness (QED) is 0.744. The zero-order valence-electron chi connectivity index (χ0n) is 16.6. The first kappa shape index (κ1) is 21.7. The van der Waals surface area contributed by atoms with Gasteiger partial charge in [0.05, 0.1) is 19.1 Å². The minimum absolute atomic E-state index is 0.0505. The molecule has 1 fully saturated rings. The Kier molecular flexibility index (Phi) is 6.64. The molecule has 1 aliphatic rings. The molecule has 2 aromatic rings. The van der Waals surface area contributed by atoms with Crippen LogP contribution in [0.3, 0.4) is 0 Å². The van der Waals surface area contributed by atoms with Crippen LogP contribution in [-0.4, -0.2) is 48.4 Å². The Labute approximate surface area is 173 Å². The number of amides is 2. The average molecular weight is 420 g/mol. The maximum absolute atomic E-state index is 13.2. The lowest BCUT2D eigenvalue weighted by Crippen LogP contribution is -2.36. The van der Waals surface area contributed by atoms with Crippen molar-refractivity contribution in [2.24, 2.45) is 0 Å². The Morgan fingerprint density at radius 1 is 1.07 bits per heavy atom. The van der Waals surface area contributed by atoms with Gasteiger partial charge in [0.15, 0.2) is 0 Å². The highest BCUT2D eigenvalue weighted by Crippen LogP contribution is 2.32. The Balaban J connectivity index is 1.66. The first-order valence-corrected chi connectivity index (χ1v) is 9.61. The van der Waals surface area contributed by atoms with E-state index in [4.69, 9.17) is 4.74 Å². The van der Waals surface area contributed by atoms with Crippen LogP contribution in [0, 0.1) is 0 Å². The standard InChI is InChI=1S/C22H23F3N2O3/c1-30-18-7-4-5-16(13-18)14-21(29)26-10-9-20(28)27(12-11-26)15-17-6-2-3-8-19(17)22(23,24)25/h2-8,13H,9-12,14-15H2,1H3. The number of benzene rings is 2. The summed E-state index contributed by atoms with van der Waals surface area (Å²) in [5.74, 6) is 0.262. The summed E-state index contributed by atoms with van der Waals surface area (Å²) in [5, 5.41) is 0. The number of alkyl halides is 3. The molecule has 0 saturated carbocycles. The highest BCUT2D eigenvalue weighted by Gasteiger charge is 2.34. The second-order valence-electron chi connectivity index (χ2n) is 7.13. The smallest absolute Gasteiger partial charge is 0.416 e. The summed E-state index contributed by atoms with van der Waals surface area (Å²) in [5.41, 5.74) is 0.105. The van der Waals surface area contributed by atoms with E-state index in [1.54, 1.807) is 30.2 Å². The first-order valence-electron chi connectivity index (χ1n) is 9.61. The molecule has 160 valence electrons. The molecule has 30 heavy (non-hydrogen) atoms. The number of hydrogen-bond acceptors (Lipinski definition) is 3. The van der Waals surface area contributed by atoms with Gasteiger partial charge in [-0.05, 0) is 29.3 Å². The van der Waals surface area contributed by atoms with Gasteiger partial charge in [-0.2, -0.15) is 13.2 Å². The molecular formula is C22H23F3N2O3. The maximum atomic E-state index is 13.2. The van der Waals surface area contributed by atoms with Crippen LogP contribution in [0.2, 0.25) is 0 Å². The lowest BCUT2D eigenvalue weighted by Gasteiger charge is -2.24. The van der Waals surface area contributed by atoms with Crippen LogP contribution in [0.1, 0.15) is 23.1 Å². The van der Waals surface area contributed by atoms with E-state index in [2.05, 4.69) is 0 Å². The van der Waals surface area contributed by atoms with Crippen molar-refractivity contribution in [1.82, 2.24) is 9.80 Å². The number of carbonyl (C=O) groups is 2. The minimum atomic E-state index is -4.48. The fraction of sp³-hybridized carbons (Fsp3) is 0.364. The number of nitrogens with zero attached hydrogens (tertiary/aromatic N) is 2. The van der Waals surface area contributed by atoms with Gasteiger partial charge in [0, 0.05) is 32.6 Å². The molecular weight excluding hydrogens is 397 g/mol. The van der Waals surface area contributed by atoms with Gasteiger partial charge in [0.2, 0.25) is 11.8 Å². The third-order valence-electron chi connectivity index (χ3n) is 5.11. The van der Waals surface area contributed by atoms with E-state index in [-0.39, 0.29) is 56.4 Å². The molecule has 2 amide bonds. The summed E-state index contributed by atoms with van der Waals surface area (Å²) in [6, 6.07) is 12.4. The molecule has 2 aromatic carbocycles. The predicted molar refractivity (Wildman–Crippen MR) is 105 cm³/mol. The lowest BCUT2D eigenvalue weighted by atomic mass is 10.1. The molecule has 0 radical (unpaired) electrons. The van der Waals surface area contributed by atoms with E-state index in [9.17, 15) is 22.8 Å². The number of rotatable bonds is 5. The Morgan fingerprint density at radius 2 is 1.83 bits per heavy atom. The van der Waals surface area contributed by atoms with Crippen LogP contribution in [0.4, 0.5) is 13.2 Å². The monoisotopic (exact) mass is 420 g/mol. The van der Waals surface area contributed by atoms with Gasteiger partial charge < -0.3 is 14.5 Å². The average Bonchev–Trinajstić information content (AvgIpc) is 2.90.